The summed E-state index contributed by atoms with van der Waals surface area (Å²) >= 11 is 0. The lowest BCUT2D eigenvalue weighted by atomic mass is 10.1. The van der Waals surface area contributed by atoms with Crippen LogP contribution in [0.1, 0.15) is 16.7 Å². The van der Waals surface area contributed by atoms with Crippen LogP contribution in [0, 0.1) is 0 Å². The molecule has 0 bridgehead atoms. The molecule has 0 atom stereocenters. The van der Waals surface area contributed by atoms with Crippen molar-refractivity contribution in [1.82, 2.24) is 0 Å². The van der Waals surface area contributed by atoms with Gasteiger partial charge in [0.25, 0.3) is 10.1 Å². The van der Waals surface area contributed by atoms with Gasteiger partial charge in [0.15, 0.2) is 0 Å². The topological polar surface area (TPSA) is 54.4 Å². The molecule has 0 fully saturated rings. The lowest BCUT2D eigenvalue weighted by Gasteiger charge is -2.13. The number of halogens is 6. The van der Waals surface area contributed by atoms with Crippen LogP contribution in [0.15, 0.2) is 18.2 Å². The average Bonchev–Trinajstić information content (AvgIpc) is 2.11. The Balaban J connectivity index is 3.41. The molecule has 0 unspecified atom stereocenters. The van der Waals surface area contributed by atoms with Crippen LogP contribution in [0.4, 0.5) is 26.3 Å². The molecular weight excluding hydrogens is 302 g/mol. The van der Waals surface area contributed by atoms with Gasteiger partial charge in [0.05, 0.1) is 11.1 Å². The molecule has 1 aromatic carbocycles. The van der Waals surface area contributed by atoms with Crippen molar-refractivity contribution >= 4 is 10.1 Å². The highest BCUT2D eigenvalue weighted by Gasteiger charge is 2.37. The molecule has 0 aliphatic rings. The van der Waals surface area contributed by atoms with Crippen molar-refractivity contribution < 1.29 is 39.3 Å². The minimum atomic E-state index is -5.06. The fourth-order valence-electron chi connectivity index (χ4n) is 1.31. The minimum Gasteiger partial charge on any atom is -0.285 e. The second-order valence-corrected chi connectivity index (χ2v) is 5.09. The van der Waals surface area contributed by atoms with E-state index in [0.29, 0.717) is 0 Å². The van der Waals surface area contributed by atoms with Crippen molar-refractivity contribution in [2.75, 3.05) is 0 Å². The van der Waals surface area contributed by atoms with Crippen LogP contribution in [-0.4, -0.2) is 13.0 Å². The Kier molecular flexibility index (Phi) is 3.88. The van der Waals surface area contributed by atoms with E-state index in [1.165, 1.54) is 0 Å². The van der Waals surface area contributed by atoms with Crippen molar-refractivity contribution in [2.24, 2.45) is 0 Å². The predicted molar refractivity (Wildman–Crippen MR) is 51.7 cm³/mol. The number of hydrogen-bond acceptors (Lipinski definition) is 2. The summed E-state index contributed by atoms with van der Waals surface area (Å²) in [6.45, 7) is 0. The van der Waals surface area contributed by atoms with E-state index >= 15 is 0 Å². The fraction of sp³-hybridized carbons (Fsp3) is 0.333. The lowest BCUT2D eigenvalue weighted by Crippen LogP contribution is -2.13. The van der Waals surface area contributed by atoms with Crippen molar-refractivity contribution in [3.63, 3.8) is 0 Å². The monoisotopic (exact) mass is 308 g/mol. The second-order valence-electron chi connectivity index (χ2n) is 3.64. The first kappa shape index (κ1) is 15.8. The summed E-state index contributed by atoms with van der Waals surface area (Å²) in [6.07, 6.45) is -10.1. The van der Waals surface area contributed by atoms with E-state index in [-0.39, 0.29) is 18.2 Å². The van der Waals surface area contributed by atoms with Gasteiger partial charge in [0.1, 0.15) is 5.75 Å². The van der Waals surface area contributed by atoms with Gasteiger partial charge in [-0.1, -0.05) is 0 Å². The third kappa shape index (κ3) is 4.71. The van der Waals surface area contributed by atoms with Gasteiger partial charge in [-0.15, -0.1) is 0 Å². The number of alkyl halides is 6. The third-order valence-electron chi connectivity index (χ3n) is 2.00. The van der Waals surface area contributed by atoms with Gasteiger partial charge in [-0.2, -0.15) is 34.8 Å². The summed E-state index contributed by atoms with van der Waals surface area (Å²) in [6, 6.07) is 0.347. The number of hydrogen-bond donors (Lipinski definition) is 1. The first-order valence-electron chi connectivity index (χ1n) is 4.52. The highest BCUT2D eigenvalue weighted by molar-refractivity contribution is 7.85. The molecular formula is C9H6F6O3S. The quantitative estimate of drug-likeness (QED) is 0.674. The largest absolute Gasteiger partial charge is 0.416 e. The molecule has 0 spiro atoms. The Labute approximate surface area is 103 Å². The van der Waals surface area contributed by atoms with Crippen LogP contribution >= 0.6 is 0 Å². The highest BCUT2D eigenvalue weighted by Crippen LogP contribution is 2.36. The zero-order chi connectivity index (χ0) is 15.1. The minimum absolute atomic E-state index is 0.131. The predicted octanol–water partition coefficient (Wildman–Crippen LogP) is 3.11. The molecule has 3 nitrogen and oxygen atoms in total. The molecule has 1 N–H and O–H groups in total. The maximum absolute atomic E-state index is 12.4. The van der Waals surface area contributed by atoms with Crippen molar-refractivity contribution in [1.29, 1.82) is 0 Å². The smallest absolute Gasteiger partial charge is 0.285 e. The molecule has 10 heteroatoms. The van der Waals surface area contributed by atoms with Crippen LogP contribution in [0.3, 0.4) is 0 Å². The van der Waals surface area contributed by atoms with Gasteiger partial charge in [0.2, 0.25) is 0 Å². The summed E-state index contributed by atoms with van der Waals surface area (Å²) in [5.74, 6) is -1.33. The Hall–Kier alpha value is -1.29. The summed E-state index contributed by atoms with van der Waals surface area (Å²) in [5, 5.41) is 0. The molecule has 0 aliphatic carbocycles. The number of rotatable bonds is 2. The van der Waals surface area contributed by atoms with Crippen molar-refractivity contribution in [2.45, 2.75) is 18.1 Å². The Morgan fingerprint density at radius 3 is 1.53 bits per heavy atom. The Morgan fingerprint density at radius 1 is 0.895 bits per heavy atom. The second kappa shape index (κ2) is 4.67. The van der Waals surface area contributed by atoms with E-state index in [2.05, 4.69) is 0 Å². The molecule has 0 saturated carbocycles. The van der Waals surface area contributed by atoms with Gasteiger partial charge in [0, 0.05) is 0 Å². The normalized spacial score (nSPS) is 13.6. The van der Waals surface area contributed by atoms with E-state index in [9.17, 15) is 34.8 Å². The first-order valence-corrected chi connectivity index (χ1v) is 6.13. The van der Waals surface area contributed by atoms with Crippen LogP contribution in [0.5, 0.6) is 0 Å². The molecule has 0 amide bonds. The van der Waals surface area contributed by atoms with E-state index < -0.39 is 44.9 Å². The summed E-state index contributed by atoms with van der Waals surface area (Å²) in [7, 11) is -4.74. The standard InChI is InChI=1S/C9H6F6O3S/c10-8(11,12)6-1-5(4-19(16,17)18)2-7(3-6)9(13,14)15/h1-3H,4H2,(H,16,17,18). The van der Waals surface area contributed by atoms with Gasteiger partial charge in [-0.3, -0.25) is 4.55 Å². The third-order valence-corrected chi connectivity index (χ3v) is 2.69. The highest BCUT2D eigenvalue weighted by atomic mass is 32.2. The SMILES string of the molecule is O=S(=O)(O)Cc1cc(C(F)(F)F)cc(C(F)(F)F)c1. The maximum Gasteiger partial charge on any atom is 0.416 e. The van der Waals surface area contributed by atoms with Crippen LogP contribution in [0.25, 0.3) is 0 Å². The average molecular weight is 308 g/mol. The van der Waals surface area contributed by atoms with Crippen LogP contribution in [0.2, 0.25) is 0 Å². The first-order chi connectivity index (χ1) is 8.29. The Bertz CT molecular complexity index is 540. The van der Waals surface area contributed by atoms with Gasteiger partial charge < -0.3 is 0 Å². The van der Waals surface area contributed by atoms with E-state index in [0.717, 1.165) is 0 Å². The van der Waals surface area contributed by atoms with Gasteiger partial charge >= 0.3 is 12.4 Å². The van der Waals surface area contributed by atoms with Gasteiger partial charge in [-0.05, 0) is 23.8 Å². The Morgan fingerprint density at radius 2 is 1.26 bits per heavy atom. The zero-order valence-electron chi connectivity index (χ0n) is 8.88. The molecule has 19 heavy (non-hydrogen) atoms. The maximum atomic E-state index is 12.4. The van der Waals surface area contributed by atoms with Gasteiger partial charge in [-0.25, -0.2) is 0 Å². The molecule has 0 aliphatic heterocycles. The molecule has 0 aromatic heterocycles. The lowest BCUT2D eigenvalue weighted by molar-refractivity contribution is -0.143. The molecule has 0 heterocycles. The molecule has 1 rings (SSSR count). The molecule has 0 saturated heterocycles. The van der Waals surface area contributed by atoms with E-state index in [4.69, 9.17) is 4.55 Å². The van der Waals surface area contributed by atoms with Crippen LogP contribution < -0.4 is 0 Å². The zero-order valence-corrected chi connectivity index (χ0v) is 9.70. The van der Waals surface area contributed by atoms with Crippen molar-refractivity contribution in [3.8, 4) is 0 Å². The van der Waals surface area contributed by atoms with E-state index in [1.807, 2.05) is 0 Å². The summed E-state index contributed by atoms with van der Waals surface area (Å²) < 4.78 is 104. The molecule has 108 valence electrons. The molecule has 1 aromatic rings. The summed E-state index contributed by atoms with van der Waals surface area (Å²) in [4.78, 5) is 0. The van der Waals surface area contributed by atoms with Crippen LogP contribution in [-0.2, 0) is 28.2 Å². The summed E-state index contributed by atoms with van der Waals surface area (Å²) in [5.41, 5.74) is -4.08. The van der Waals surface area contributed by atoms with Crippen molar-refractivity contribution in [3.05, 3.63) is 34.9 Å². The molecule has 0 radical (unpaired) electrons. The number of benzene rings is 1. The fourth-order valence-corrected chi connectivity index (χ4v) is 1.90. The van der Waals surface area contributed by atoms with E-state index in [1.54, 1.807) is 0 Å².